The largest absolute Gasteiger partial charge is 0.0654 e. The number of hydrogen-bond acceptors (Lipinski definition) is 0. The molecule has 0 aromatic heterocycles. The highest BCUT2D eigenvalue weighted by atomic mass is 28.2. The Hall–Kier alpha value is 0.217. The second-order valence-corrected chi connectivity index (χ2v) is 9.84. The van der Waals surface area contributed by atoms with Crippen LogP contribution in [0.25, 0.3) is 0 Å². The van der Waals surface area contributed by atoms with Crippen molar-refractivity contribution < 1.29 is 0 Å². The van der Waals surface area contributed by atoms with Gasteiger partial charge in [0, 0.05) is 9.52 Å². The highest BCUT2D eigenvalue weighted by Gasteiger charge is 1.95. The maximum absolute atomic E-state index is 2.31. The molecule has 0 aliphatic carbocycles. The molecule has 0 saturated heterocycles. The van der Waals surface area contributed by atoms with Gasteiger partial charge in [0.25, 0.3) is 0 Å². The highest BCUT2D eigenvalue weighted by Crippen LogP contribution is 2.13. The van der Waals surface area contributed by atoms with Crippen molar-refractivity contribution in [1.29, 1.82) is 0 Å². The molecule has 0 aliphatic rings. The van der Waals surface area contributed by atoms with Crippen LogP contribution in [0.1, 0.15) is 129 Å². The van der Waals surface area contributed by atoms with Crippen molar-refractivity contribution in [1.82, 2.24) is 0 Å². The van der Waals surface area contributed by atoms with Crippen molar-refractivity contribution in [2.75, 3.05) is 0 Å². The standard InChI is InChI=1S/C22H48Si/c1-3-5-7-9-10-11-12-13-14-15-16-17-18-20-22-23-21-19-8-6-4-2/h3-23H2,1-2H3. The van der Waals surface area contributed by atoms with Gasteiger partial charge in [-0.25, -0.2) is 0 Å². The van der Waals surface area contributed by atoms with Gasteiger partial charge in [0.1, 0.15) is 0 Å². The molecule has 0 aromatic carbocycles. The van der Waals surface area contributed by atoms with Crippen molar-refractivity contribution in [3.8, 4) is 0 Å². The van der Waals surface area contributed by atoms with Crippen molar-refractivity contribution in [3.05, 3.63) is 0 Å². The maximum Gasteiger partial charge on any atom is 0.0197 e. The Bertz CT molecular complexity index is 170. The molecule has 0 atom stereocenters. The molecule has 0 rings (SSSR count). The van der Waals surface area contributed by atoms with Crippen LogP contribution < -0.4 is 0 Å². The molecule has 0 fully saturated rings. The molecule has 23 heavy (non-hydrogen) atoms. The Balaban J connectivity index is 2.92. The molecule has 0 spiro atoms. The molecule has 140 valence electrons. The van der Waals surface area contributed by atoms with E-state index in [0.717, 1.165) is 0 Å². The van der Waals surface area contributed by atoms with E-state index in [1.165, 1.54) is 103 Å². The molecule has 0 radical (unpaired) electrons. The van der Waals surface area contributed by atoms with Gasteiger partial charge in [-0.15, -0.1) is 0 Å². The zero-order valence-corrected chi connectivity index (χ0v) is 18.3. The van der Waals surface area contributed by atoms with Gasteiger partial charge in [-0.3, -0.25) is 0 Å². The van der Waals surface area contributed by atoms with E-state index >= 15 is 0 Å². The van der Waals surface area contributed by atoms with Gasteiger partial charge in [0.15, 0.2) is 0 Å². The average molecular weight is 341 g/mol. The normalized spacial score (nSPS) is 11.7. The van der Waals surface area contributed by atoms with E-state index in [1.54, 1.807) is 24.9 Å². The minimum atomic E-state index is 0.322. The summed E-state index contributed by atoms with van der Waals surface area (Å²) in [6, 6.07) is 3.25. The van der Waals surface area contributed by atoms with Gasteiger partial charge in [-0.2, -0.15) is 0 Å². The SMILES string of the molecule is CCCCCCCCCCCCCCCC[SiH2]CCCCCC. The summed E-state index contributed by atoms with van der Waals surface area (Å²) in [5.74, 6) is 0. The first-order chi connectivity index (χ1) is 11.4. The maximum atomic E-state index is 2.31. The van der Waals surface area contributed by atoms with E-state index in [2.05, 4.69) is 13.8 Å². The quantitative estimate of drug-likeness (QED) is 0.155. The van der Waals surface area contributed by atoms with Gasteiger partial charge >= 0.3 is 0 Å². The molecular weight excluding hydrogens is 292 g/mol. The lowest BCUT2D eigenvalue weighted by atomic mass is 10.0. The van der Waals surface area contributed by atoms with Gasteiger partial charge in [0.2, 0.25) is 0 Å². The monoisotopic (exact) mass is 340 g/mol. The molecule has 0 heterocycles. The van der Waals surface area contributed by atoms with Gasteiger partial charge in [-0.05, 0) is 0 Å². The number of unbranched alkanes of at least 4 members (excludes halogenated alkanes) is 16. The van der Waals surface area contributed by atoms with E-state index in [-0.39, 0.29) is 0 Å². The smallest absolute Gasteiger partial charge is 0.0197 e. The van der Waals surface area contributed by atoms with Crippen molar-refractivity contribution in [3.63, 3.8) is 0 Å². The number of rotatable bonds is 20. The summed E-state index contributed by atoms with van der Waals surface area (Å²) in [4.78, 5) is 0. The Labute approximate surface area is 151 Å². The topological polar surface area (TPSA) is 0 Å². The highest BCUT2D eigenvalue weighted by molar-refractivity contribution is 6.35. The lowest BCUT2D eigenvalue weighted by Crippen LogP contribution is -1.90. The molecule has 0 unspecified atom stereocenters. The Kier molecular flexibility index (Phi) is 22.4. The zero-order chi connectivity index (χ0) is 16.8. The van der Waals surface area contributed by atoms with Crippen molar-refractivity contribution in [2.24, 2.45) is 0 Å². The van der Waals surface area contributed by atoms with Gasteiger partial charge in [-0.1, -0.05) is 142 Å². The van der Waals surface area contributed by atoms with Crippen LogP contribution >= 0.6 is 0 Å². The summed E-state index contributed by atoms with van der Waals surface area (Å²) in [5.41, 5.74) is 0. The lowest BCUT2D eigenvalue weighted by Gasteiger charge is -2.03. The fraction of sp³-hybridized carbons (Fsp3) is 1.00. The minimum Gasteiger partial charge on any atom is -0.0654 e. The van der Waals surface area contributed by atoms with Crippen molar-refractivity contribution in [2.45, 2.75) is 142 Å². The number of hydrogen-bond donors (Lipinski definition) is 0. The van der Waals surface area contributed by atoms with Crippen molar-refractivity contribution >= 4 is 9.52 Å². The summed E-state index contributed by atoms with van der Waals surface area (Å²) in [5, 5.41) is 0. The van der Waals surface area contributed by atoms with E-state index in [1.807, 2.05) is 0 Å². The minimum absolute atomic E-state index is 0.322. The third kappa shape index (κ3) is 22.2. The molecule has 0 nitrogen and oxygen atoms in total. The summed E-state index contributed by atoms with van der Waals surface area (Å²) in [7, 11) is 0.322. The summed E-state index contributed by atoms with van der Waals surface area (Å²) in [6.45, 7) is 4.61. The van der Waals surface area contributed by atoms with E-state index < -0.39 is 0 Å². The molecule has 0 aromatic rings. The predicted molar refractivity (Wildman–Crippen MR) is 113 cm³/mol. The van der Waals surface area contributed by atoms with Crippen LogP contribution in [0.4, 0.5) is 0 Å². The van der Waals surface area contributed by atoms with Crippen LogP contribution in [0.5, 0.6) is 0 Å². The van der Waals surface area contributed by atoms with Crippen LogP contribution in [0.2, 0.25) is 12.1 Å². The predicted octanol–water partition coefficient (Wildman–Crippen LogP) is 8.05. The molecule has 0 bridgehead atoms. The second kappa shape index (κ2) is 22.2. The Morgan fingerprint density at radius 3 is 0.957 bits per heavy atom. The fourth-order valence-electron chi connectivity index (χ4n) is 3.51. The molecule has 0 saturated carbocycles. The first-order valence-corrected chi connectivity index (χ1v) is 13.4. The Morgan fingerprint density at radius 1 is 0.348 bits per heavy atom. The van der Waals surface area contributed by atoms with Crippen LogP contribution in [-0.2, 0) is 0 Å². The van der Waals surface area contributed by atoms with Crippen LogP contribution in [-0.4, -0.2) is 9.52 Å². The van der Waals surface area contributed by atoms with E-state index in [9.17, 15) is 0 Å². The third-order valence-electron chi connectivity index (χ3n) is 5.21. The van der Waals surface area contributed by atoms with Gasteiger partial charge in [0.05, 0.1) is 0 Å². The van der Waals surface area contributed by atoms with Crippen LogP contribution in [0.15, 0.2) is 0 Å². The fourth-order valence-corrected chi connectivity index (χ4v) is 5.27. The first-order valence-electron chi connectivity index (χ1n) is 11.4. The second-order valence-electron chi connectivity index (χ2n) is 7.72. The van der Waals surface area contributed by atoms with E-state index in [0.29, 0.717) is 9.52 Å². The van der Waals surface area contributed by atoms with Crippen LogP contribution in [0, 0.1) is 0 Å². The first kappa shape index (κ1) is 23.2. The molecule has 0 N–H and O–H groups in total. The molecular formula is C22H48Si. The third-order valence-corrected chi connectivity index (χ3v) is 7.21. The molecule has 1 heteroatoms. The zero-order valence-electron chi connectivity index (χ0n) is 16.8. The summed E-state index contributed by atoms with van der Waals surface area (Å²) >= 11 is 0. The van der Waals surface area contributed by atoms with Crippen LogP contribution in [0.3, 0.4) is 0 Å². The molecule has 0 aliphatic heterocycles. The summed E-state index contributed by atoms with van der Waals surface area (Å²) < 4.78 is 0. The average Bonchev–Trinajstić information content (AvgIpc) is 2.57. The lowest BCUT2D eigenvalue weighted by molar-refractivity contribution is 0.538. The molecule has 0 amide bonds. The summed E-state index contributed by atoms with van der Waals surface area (Å²) in [6.07, 6.45) is 26.8. The van der Waals surface area contributed by atoms with E-state index in [4.69, 9.17) is 0 Å². The van der Waals surface area contributed by atoms with Gasteiger partial charge < -0.3 is 0 Å². The Morgan fingerprint density at radius 2 is 0.609 bits per heavy atom.